The van der Waals surface area contributed by atoms with Gasteiger partial charge in [-0.25, -0.2) is 8.42 Å². The molecule has 0 saturated heterocycles. The fourth-order valence-corrected chi connectivity index (χ4v) is 6.46. The molecule has 0 fully saturated rings. The van der Waals surface area contributed by atoms with Gasteiger partial charge >= 0.3 is 37.7 Å². The fourth-order valence-electron chi connectivity index (χ4n) is 4.75. The van der Waals surface area contributed by atoms with Gasteiger partial charge in [0.25, 0.3) is 10.1 Å². The Morgan fingerprint density at radius 1 is 0.627 bits per heavy atom. The van der Waals surface area contributed by atoms with Crippen LogP contribution in [0.1, 0.15) is 11.1 Å². The summed E-state index contributed by atoms with van der Waals surface area (Å²) >= 11 is 11.8. The molecule has 0 aromatic heterocycles. The zero-order chi connectivity index (χ0) is 36.4. The summed E-state index contributed by atoms with van der Waals surface area (Å²) < 4.78 is 66.8. The van der Waals surface area contributed by atoms with Crippen LogP contribution in [0.25, 0.3) is 21.5 Å². The van der Waals surface area contributed by atoms with Gasteiger partial charge in [-0.1, -0.05) is 95.7 Å². The van der Waals surface area contributed by atoms with Crippen molar-refractivity contribution in [3.05, 3.63) is 118 Å². The van der Waals surface area contributed by atoms with E-state index in [0.717, 1.165) is 22.9 Å². The molecule has 2 N–H and O–H groups in total. The average molecular weight is 792 g/mol. The average Bonchev–Trinajstić information content (AvgIpc) is 3.06. The standard InChI is InChI=1S/2C17H13ClN2O4S.Ca/c2*1-10-8-14(16(9-13(10)18)25(22,23)24)19-20-17-12-5-3-2-4-11(12)6-7-15(17)21;/h2*2-9,21H,1H3,(H,22,23,24);/q;;+2/p-2. The summed E-state index contributed by atoms with van der Waals surface area (Å²) in [6, 6.07) is 25.5. The van der Waals surface area contributed by atoms with E-state index in [0.29, 0.717) is 21.9 Å². The molecule has 0 aliphatic heterocycles. The second kappa shape index (κ2) is 16.3. The maximum absolute atomic E-state index is 12.1. The van der Waals surface area contributed by atoms with E-state index < -0.39 is 30.0 Å². The number of phenols is 1. The topological polar surface area (TPSA) is 204 Å². The van der Waals surface area contributed by atoms with E-state index >= 15 is 0 Å². The van der Waals surface area contributed by atoms with Crippen molar-refractivity contribution in [2.24, 2.45) is 20.5 Å². The number of hydrogen-bond acceptors (Lipinski definition) is 11. The number of aryl methyl sites for hydroxylation is 2. The molecule has 0 atom stereocenters. The number of fused-ring (bicyclic) bond motifs is 2. The van der Waals surface area contributed by atoms with Gasteiger partial charge < -0.3 is 14.8 Å². The first kappa shape index (κ1) is 40.1. The molecule has 12 nitrogen and oxygen atoms in total. The van der Waals surface area contributed by atoms with Crippen LogP contribution in [0.4, 0.5) is 22.7 Å². The van der Waals surface area contributed by atoms with Crippen LogP contribution >= 0.6 is 23.2 Å². The van der Waals surface area contributed by atoms with E-state index in [4.69, 9.17) is 23.2 Å². The van der Waals surface area contributed by atoms with E-state index in [1.165, 1.54) is 24.3 Å². The minimum atomic E-state index is -4.80. The Balaban J connectivity index is 0.000000224. The predicted molar refractivity (Wildman–Crippen MR) is 193 cm³/mol. The second-order valence-electron chi connectivity index (χ2n) is 10.8. The van der Waals surface area contributed by atoms with Crippen LogP contribution in [0.15, 0.2) is 127 Å². The van der Waals surface area contributed by atoms with Crippen molar-refractivity contribution in [2.45, 2.75) is 23.6 Å². The van der Waals surface area contributed by atoms with Crippen LogP contribution in [0.5, 0.6) is 11.5 Å². The third-order valence-electron chi connectivity index (χ3n) is 7.29. The number of halogens is 2. The zero-order valence-electron chi connectivity index (χ0n) is 26.6. The first-order valence-electron chi connectivity index (χ1n) is 14.3. The molecule has 256 valence electrons. The molecule has 6 rings (SSSR count). The quantitative estimate of drug-likeness (QED) is 0.0944. The van der Waals surface area contributed by atoms with Crippen molar-refractivity contribution < 1.29 is 36.2 Å². The van der Waals surface area contributed by atoms with Crippen molar-refractivity contribution in [3.63, 3.8) is 0 Å². The zero-order valence-corrected chi connectivity index (χ0v) is 32.0. The van der Waals surface area contributed by atoms with Gasteiger partial charge in [0.2, 0.25) is 0 Å². The van der Waals surface area contributed by atoms with Gasteiger partial charge in [-0.05, 0) is 66.1 Å². The van der Waals surface area contributed by atoms with Crippen LogP contribution < -0.4 is 5.11 Å². The Kier molecular flexibility index (Phi) is 12.8. The minimum Gasteiger partial charge on any atom is -0.871 e. The smallest absolute Gasteiger partial charge is 0.871 e. The summed E-state index contributed by atoms with van der Waals surface area (Å²) in [7, 11) is -9.33. The Bertz CT molecular complexity index is 2410. The fraction of sp³-hybridized carbons (Fsp3) is 0.0588. The summed E-state index contributed by atoms with van der Waals surface area (Å²) in [6.07, 6.45) is 0. The molecule has 0 spiro atoms. The third kappa shape index (κ3) is 9.40. The first-order valence-corrected chi connectivity index (χ1v) is 17.9. The van der Waals surface area contributed by atoms with E-state index in [1.54, 1.807) is 50.2 Å². The molecule has 0 heterocycles. The van der Waals surface area contributed by atoms with Crippen LogP contribution in [-0.2, 0) is 20.2 Å². The third-order valence-corrected chi connectivity index (χ3v) is 9.85. The van der Waals surface area contributed by atoms with Crippen LogP contribution in [-0.4, -0.2) is 68.8 Å². The summed E-state index contributed by atoms with van der Waals surface area (Å²) in [5, 5.41) is 41.0. The number of hydrogen-bond donors (Lipinski definition) is 2. The largest absolute Gasteiger partial charge is 2.00 e. The van der Waals surface area contributed by atoms with Gasteiger partial charge in [-0.2, -0.15) is 13.5 Å². The first-order chi connectivity index (χ1) is 23.5. The SMILES string of the molecule is Cc1cc(N=Nc2c(O)ccc3ccccc23)c(S(=O)(=O)O)cc1Cl.Cc1cc(N=Nc2c([O-])ccc3ccccc23)c(S(=O)(=O)[O-])cc1Cl.[Ca+2]. The van der Waals surface area contributed by atoms with Crippen molar-refractivity contribution >= 4 is 125 Å². The number of azo groups is 2. The van der Waals surface area contributed by atoms with Crippen molar-refractivity contribution in [1.82, 2.24) is 0 Å². The number of phenolic OH excluding ortho intramolecular Hbond substituents is 1. The van der Waals surface area contributed by atoms with Crippen LogP contribution in [0.3, 0.4) is 0 Å². The minimum absolute atomic E-state index is 0. The summed E-state index contributed by atoms with van der Waals surface area (Å²) in [5.74, 6) is -0.457. The van der Waals surface area contributed by atoms with E-state index in [9.17, 15) is 36.2 Å². The number of benzene rings is 6. The summed E-state index contributed by atoms with van der Waals surface area (Å²) in [6.45, 7) is 3.31. The molecule has 0 amide bonds. The monoisotopic (exact) mass is 790 g/mol. The molecule has 0 saturated carbocycles. The summed E-state index contributed by atoms with van der Waals surface area (Å²) in [5.41, 5.74) is 1.14. The molecule has 6 aromatic rings. The molecule has 51 heavy (non-hydrogen) atoms. The molecule has 0 unspecified atom stereocenters. The van der Waals surface area contributed by atoms with Gasteiger partial charge in [0.05, 0.1) is 10.6 Å². The van der Waals surface area contributed by atoms with Gasteiger partial charge in [0.15, 0.2) is 0 Å². The van der Waals surface area contributed by atoms with Crippen LogP contribution in [0, 0.1) is 13.8 Å². The van der Waals surface area contributed by atoms with E-state index in [-0.39, 0.29) is 82.0 Å². The summed E-state index contributed by atoms with van der Waals surface area (Å²) in [4.78, 5) is -1.04. The maximum Gasteiger partial charge on any atom is 2.00 e. The second-order valence-corrected chi connectivity index (χ2v) is 14.3. The molecule has 17 heteroatoms. The maximum atomic E-state index is 12.1. The number of nitrogens with zero attached hydrogens (tertiary/aromatic N) is 4. The van der Waals surface area contributed by atoms with Gasteiger partial charge in [-0.15, -0.1) is 15.3 Å². The Labute approximate surface area is 332 Å². The Morgan fingerprint density at radius 2 is 1.08 bits per heavy atom. The number of rotatable bonds is 6. The molecule has 0 bridgehead atoms. The predicted octanol–water partition coefficient (Wildman–Crippen LogP) is 8.98. The van der Waals surface area contributed by atoms with Crippen LogP contribution in [0.2, 0.25) is 10.0 Å². The molecular weight excluding hydrogens is 768 g/mol. The van der Waals surface area contributed by atoms with E-state index in [2.05, 4.69) is 20.5 Å². The normalized spacial score (nSPS) is 11.9. The molecule has 0 aliphatic rings. The van der Waals surface area contributed by atoms with Crippen molar-refractivity contribution in [1.29, 1.82) is 0 Å². The van der Waals surface area contributed by atoms with E-state index in [1.807, 2.05) is 24.3 Å². The van der Waals surface area contributed by atoms with Gasteiger partial charge in [0, 0.05) is 20.8 Å². The van der Waals surface area contributed by atoms with Crippen molar-refractivity contribution in [2.75, 3.05) is 0 Å². The molecule has 0 aliphatic carbocycles. The Hall–Kier alpha value is -3.70. The van der Waals surface area contributed by atoms with Crippen molar-refractivity contribution in [3.8, 4) is 11.5 Å². The number of aromatic hydroxyl groups is 1. The van der Waals surface area contributed by atoms with Gasteiger partial charge in [-0.3, -0.25) is 4.55 Å². The molecule has 0 radical (unpaired) electrons. The molecule has 6 aromatic carbocycles. The Morgan fingerprint density at radius 3 is 1.61 bits per heavy atom. The molecular formula is C34H24CaCl2N4O8S2. The van der Waals surface area contributed by atoms with Gasteiger partial charge in [0.1, 0.15) is 37.8 Å².